The highest BCUT2D eigenvalue weighted by Crippen LogP contribution is 2.23. The fourth-order valence-corrected chi connectivity index (χ4v) is 2.05. The number of hydrogen-bond donors (Lipinski definition) is 1. The van der Waals surface area contributed by atoms with Crippen LogP contribution < -0.4 is 5.32 Å². The molecule has 1 saturated carbocycles. The number of halogens is 4. The Bertz CT molecular complexity index is 417. The minimum Gasteiger partial charge on any atom is -0.371 e. The van der Waals surface area contributed by atoms with Gasteiger partial charge in [-0.15, -0.1) is 0 Å². The second-order valence-corrected chi connectivity index (χ2v) is 5.50. The zero-order valence-corrected chi connectivity index (χ0v) is 11.7. The van der Waals surface area contributed by atoms with Crippen LogP contribution in [-0.2, 0) is 4.74 Å². The molecule has 0 aliphatic heterocycles. The highest BCUT2D eigenvalue weighted by Gasteiger charge is 2.28. The number of hydrogen-bond acceptors (Lipinski definition) is 2. The molecule has 2 nitrogen and oxygen atoms in total. The summed E-state index contributed by atoms with van der Waals surface area (Å²) in [7, 11) is 0. The van der Waals surface area contributed by atoms with Gasteiger partial charge in [0.15, 0.2) is 0 Å². The zero-order chi connectivity index (χ0) is 14.6. The van der Waals surface area contributed by atoms with Gasteiger partial charge in [0.2, 0.25) is 0 Å². The van der Waals surface area contributed by atoms with Crippen LogP contribution in [0.25, 0.3) is 0 Å². The fourth-order valence-electron chi connectivity index (χ4n) is 1.92. The normalized spacial score (nSPS) is 17.2. The molecule has 0 amide bonds. The number of alkyl halides is 3. The maximum Gasteiger partial charge on any atom is 0.411 e. The van der Waals surface area contributed by atoms with Crippen LogP contribution in [0.2, 0.25) is 5.02 Å². The van der Waals surface area contributed by atoms with Gasteiger partial charge < -0.3 is 10.1 Å². The molecular weight excluding hydrogens is 291 g/mol. The van der Waals surface area contributed by atoms with E-state index in [9.17, 15) is 13.2 Å². The fraction of sp³-hybridized carbons (Fsp3) is 0.571. The first kappa shape index (κ1) is 15.6. The third kappa shape index (κ3) is 5.69. The van der Waals surface area contributed by atoms with Gasteiger partial charge in [-0.3, -0.25) is 0 Å². The molecular formula is C14H17ClF3NO. The highest BCUT2D eigenvalue weighted by atomic mass is 35.5. The van der Waals surface area contributed by atoms with E-state index >= 15 is 0 Å². The van der Waals surface area contributed by atoms with Crippen LogP contribution in [0, 0.1) is 0 Å². The lowest BCUT2D eigenvalue weighted by molar-refractivity contribution is -0.174. The van der Waals surface area contributed by atoms with Gasteiger partial charge in [0.05, 0.1) is 6.61 Å². The molecule has 0 saturated heterocycles. The molecule has 2 rings (SSSR count). The third-order valence-electron chi connectivity index (χ3n) is 3.16. The second kappa shape index (κ2) is 6.78. The van der Waals surface area contributed by atoms with E-state index in [0.717, 1.165) is 18.4 Å². The van der Waals surface area contributed by atoms with Crippen molar-refractivity contribution in [2.45, 2.75) is 31.0 Å². The Morgan fingerprint density at radius 2 is 1.90 bits per heavy atom. The largest absolute Gasteiger partial charge is 0.411 e. The first-order valence-corrected chi connectivity index (χ1v) is 6.95. The Balaban J connectivity index is 1.90. The Labute approximate surface area is 121 Å². The summed E-state index contributed by atoms with van der Waals surface area (Å²) in [6.07, 6.45) is -2.01. The number of nitrogens with one attached hydrogen (secondary N) is 1. The number of rotatable bonds is 7. The average Bonchev–Trinajstić information content (AvgIpc) is 3.17. The molecule has 1 aromatic carbocycles. The molecule has 1 aromatic rings. The van der Waals surface area contributed by atoms with Crippen LogP contribution in [0.15, 0.2) is 24.3 Å². The van der Waals surface area contributed by atoms with Gasteiger partial charge in [0, 0.05) is 23.5 Å². The average molecular weight is 308 g/mol. The predicted octanol–water partition coefficient (Wildman–Crippen LogP) is 3.75. The second-order valence-electron chi connectivity index (χ2n) is 5.06. The molecule has 0 bridgehead atoms. The van der Waals surface area contributed by atoms with Gasteiger partial charge in [-0.25, -0.2) is 0 Å². The predicted molar refractivity (Wildman–Crippen MR) is 72.1 cm³/mol. The van der Waals surface area contributed by atoms with Crippen molar-refractivity contribution in [3.63, 3.8) is 0 Å². The zero-order valence-electron chi connectivity index (χ0n) is 10.9. The van der Waals surface area contributed by atoms with E-state index in [2.05, 4.69) is 5.32 Å². The first-order valence-electron chi connectivity index (χ1n) is 6.57. The van der Waals surface area contributed by atoms with Crippen molar-refractivity contribution in [3.8, 4) is 0 Å². The van der Waals surface area contributed by atoms with E-state index in [1.807, 2.05) is 12.1 Å². The lowest BCUT2D eigenvalue weighted by Gasteiger charge is -2.19. The van der Waals surface area contributed by atoms with E-state index in [1.54, 1.807) is 12.1 Å². The Morgan fingerprint density at radius 3 is 2.45 bits per heavy atom. The summed E-state index contributed by atoms with van der Waals surface area (Å²) >= 11 is 5.82. The first-order chi connectivity index (χ1) is 9.44. The summed E-state index contributed by atoms with van der Waals surface area (Å²) in [5.41, 5.74) is 0.935. The summed E-state index contributed by atoms with van der Waals surface area (Å²) in [5.74, 6) is -0.102. The Kier molecular flexibility index (Phi) is 5.29. The summed E-state index contributed by atoms with van der Waals surface area (Å²) in [6, 6.07) is 7.65. The van der Waals surface area contributed by atoms with Crippen molar-refractivity contribution < 1.29 is 17.9 Å². The van der Waals surface area contributed by atoms with Crippen molar-refractivity contribution in [2.75, 3.05) is 19.8 Å². The van der Waals surface area contributed by atoms with Gasteiger partial charge in [0.1, 0.15) is 6.61 Å². The standard InChI is InChI=1S/C14H17ClF3NO/c15-12-3-1-10(2-4-12)11(7-19-13-5-6-13)8-20-9-14(16,17)18/h1-4,11,13,19H,5-9H2. The molecule has 1 N–H and O–H groups in total. The molecule has 20 heavy (non-hydrogen) atoms. The van der Waals surface area contributed by atoms with E-state index in [1.165, 1.54) is 0 Å². The van der Waals surface area contributed by atoms with Crippen molar-refractivity contribution in [3.05, 3.63) is 34.9 Å². The highest BCUT2D eigenvalue weighted by molar-refractivity contribution is 6.30. The van der Waals surface area contributed by atoms with Crippen molar-refractivity contribution in [2.24, 2.45) is 0 Å². The molecule has 1 atom stereocenters. The molecule has 1 aliphatic rings. The van der Waals surface area contributed by atoms with E-state index in [0.29, 0.717) is 17.6 Å². The lowest BCUT2D eigenvalue weighted by atomic mass is 10.00. The molecule has 1 aliphatic carbocycles. The summed E-state index contributed by atoms with van der Waals surface area (Å²) in [6.45, 7) is -0.550. The molecule has 1 unspecified atom stereocenters. The minimum atomic E-state index is -4.28. The number of ether oxygens (including phenoxy) is 1. The molecule has 0 heterocycles. The van der Waals surface area contributed by atoms with Gasteiger partial charge >= 0.3 is 6.18 Å². The van der Waals surface area contributed by atoms with Gasteiger partial charge in [-0.05, 0) is 30.5 Å². The van der Waals surface area contributed by atoms with Crippen LogP contribution in [0.3, 0.4) is 0 Å². The quantitative estimate of drug-likeness (QED) is 0.828. The Hall–Kier alpha value is -0.780. The van der Waals surface area contributed by atoms with Crippen molar-refractivity contribution in [1.82, 2.24) is 5.32 Å². The molecule has 1 fully saturated rings. The van der Waals surface area contributed by atoms with Gasteiger partial charge in [-0.1, -0.05) is 23.7 Å². The van der Waals surface area contributed by atoms with Crippen molar-refractivity contribution in [1.29, 1.82) is 0 Å². The maximum absolute atomic E-state index is 12.1. The molecule has 112 valence electrons. The Morgan fingerprint density at radius 1 is 1.25 bits per heavy atom. The van der Waals surface area contributed by atoms with E-state index in [-0.39, 0.29) is 12.5 Å². The maximum atomic E-state index is 12.1. The van der Waals surface area contributed by atoms with Crippen LogP contribution >= 0.6 is 11.6 Å². The monoisotopic (exact) mass is 307 g/mol. The summed E-state index contributed by atoms with van der Waals surface area (Å²) < 4.78 is 41.2. The van der Waals surface area contributed by atoms with Gasteiger partial charge in [-0.2, -0.15) is 13.2 Å². The van der Waals surface area contributed by atoms with Crippen LogP contribution in [0.5, 0.6) is 0 Å². The molecule has 0 spiro atoms. The summed E-state index contributed by atoms with van der Waals surface area (Å²) in [4.78, 5) is 0. The topological polar surface area (TPSA) is 21.3 Å². The van der Waals surface area contributed by atoms with Crippen LogP contribution in [0.1, 0.15) is 24.3 Å². The lowest BCUT2D eigenvalue weighted by Crippen LogP contribution is -2.28. The van der Waals surface area contributed by atoms with Crippen LogP contribution in [-0.4, -0.2) is 32.0 Å². The van der Waals surface area contributed by atoms with Gasteiger partial charge in [0.25, 0.3) is 0 Å². The minimum absolute atomic E-state index is 0.0425. The van der Waals surface area contributed by atoms with Crippen LogP contribution in [0.4, 0.5) is 13.2 Å². The molecule has 6 heteroatoms. The number of benzene rings is 1. The molecule has 0 radical (unpaired) electrons. The molecule has 0 aromatic heterocycles. The summed E-state index contributed by atoms with van der Waals surface area (Å²) in [5, 5.41) is 3.93. The van der Waals surface area contributed by atoms with E-state index < -0.39 is 12.8 Å². The van der Waals surface area contributed by atoms with E-state index in [4.69, 9.17) is 16.3 Å². The van der Waals surface area contributed by atoms with Crippen molar-refractivity contribution >= 4 is 11.6 Å². The smallest absolute Gasteiger partial charge is 0.371 e. The third-order valence-corrected chi connectivity index (χ3v) is 3.41. The SMILES string of the molecule is FC(F)(F)COCC(CNC1CC1)c1ccc(Cl)cc1.